The Morgan fingerprint density at radius 1 is 0.967 bits per heavy atom. The van der Waals surface area contributed by atoms with Crippen LogP contribution in [0, 0.1) is 5.82 Å². The number of rotatable bonds is 4. The van der Waals surface area contributed by atoms with E-state index >= 15 is 0 Å². The van der Waals surface area contributed by atoms with Crippen LogP contribution >= 0.6 is 0 Å². The summed E-state index contributed by atoms with van der Waals surface area (Å²) in [5.41, 5.74) is 10.4. The molecule has 0 aliphatic carbocycles. The molecule has 7 nitrogen and oxygen atoms in total. The van der Waals surface area contributed by atoms with Crippen molar-refractivity contribution in [1.82, 2.24) is 30.0 Å². The Kier molecular flexibility index (Phi) is 4.76. The van der Waals surface area contributed by atoms with Gasteiger partial charge in [0.05, 0.1) is 29.7 Å². The van der Waals surface area contributed by atoms with Crippen LogP contribution in [0.3, 0.4) is 0 Å². The number of imidazole rings is 1. The summed E-state index contributed by atoms with van der Waals surface area (Å²) in [6.07, 6.45) is 9.55. The van der Waals surface area contributed by atoms with Crippen LogP contribution in [0.2, 0.25) is 0 Å². The molecular formula is C22H22FN7. The summed E-state index contributed by atoms with van der Waals surface area (Å²) in [6, 6.07) is 8.65. The molecule has 3 aromatic heterocycles. The van der Waals surface area contributed by atoms with Gasteiger partial charge in [0, 0.05) is 23.5 Å². The third kappa shape index (κ3) is 3.57. The predicted octanol–water partition coefficient (Wildman–Crippen LogP) is 3.65. The van der Waals surface area contributed by atoms with E-state index in [4.69, 9.17) is 5.73 Å². The Hall–Kier alpha value is -3.52. The molecule has 1 aliphatic heterocycles. The minimum Gasteiger partial charge on any atom is -0.383 e. The van der Waals surface area contributed by atoms with Crippen molar-refractivity contribution < 1.29 is 4.39 Å². The number of nitrogens with one attached hydrogen (secondary N) is 2. The van der Waals surface area contributed by atoms with Crippen LogP contribution < -0.4 is 11.1 Å². The van der Waals surface area contributed by atoms with Crippen molar-refractivity contribution in [3.63, 3.8) is 0 Å². The lowest BCUT2D eigenvalue weighted by Crippen LogP contribution is -2.29. The number of aromatic amines is 1. The SMILES string of the molecule is Nc1ncc(-c2cnn(C3CCNCC3)c2)cc1-c1ncc(-c2ccc(F)cc2)[nH]1. The zero-order valence-corrected chi connectivity index (χ0v) is 16.3. The molecule has 0 atom stereocenters. The molecule has 4 N–H and O–H groups in total. The van der Waals surface area contributed by atoms with Crippen molar-refractivity contribution in [1.29, 1.82) is 0 Å². The standard InChI is InChI=1S/C22H22FN7/c23-17-3-1-14(2-4-17)20-12-27-22(29-20)19-9-15(10-26-21(19)24)16-11-28-30(13-16)18-5-7-25-8-6-18/h1-4,9-13,18,25H,5-8H2,(H2,24,26)(H,27,29). The predicted molar refractivity (Wildman–Crippen MR) is 114 cm³/mol. The monoisotopic (exact) mass is 403 g/mol. The van der Waals surface area contributed by atoms with Gasteiger partial charge in [-0.05, 0) is 61.8 Å². The molecule has 0 bridgehead atoms. The Bertz CT molecular complexity index is 1160. The van der Waals surface area contributed by atoms with Gasteiger partial charge in [0.15, 0.2) is 0 Å². The number of benzene rings is 1. The minimum absolute atomic E-state index is 0.273. The Morgan fingerprint density at radius 2 is 1.77 bits per heavy atom. The second-order valence-electron chi connectivity index (χ2n) is 7.50. The van der Waals surface area contributed by atoms with E-state index in [9.17, 15) is 4.39 Å². The van der Waals surface area contributed by atoms with Crippen LogP contribution in [-0.2, 0) is 0 Å². The first kappa shape index (κ1) is 18.5. The van der Waals surface area contributed by atoms with Crippen LogP contribution in [-0.4, -0.2) is 37.8 Å². The van der Waals surface area contributed by atoms with Gasteiger partial charge in [0.1, 0.15) is 17.5 Å². The normalized spacial score (nSPS) is 14.8. The number of anilines is 1. The Balaban J connectivity index is 1.44. The van der Waals surface area contributed by atoms with E-state index in [2.05, 4.69) is 31.6 Å². The van der Waals surface area contributed by atoms with Gasteiger partial charge < -0.3 is 16.0 Å². The van der Waals surface area contributed by atoms with E-state index < -0.39 is 0 Å². The lowest BCUT2D eigenvalue weighted by molar-refractivity contribution is 0.343. The zero-order valence-electron chi connectivity index (χ0n) is 16.3. The number of hydrogen-bond donors (Lipinski definition) is 3. The summed E-state index contributed by atoms with van der Waals surface area (Å²) in [4.78, 5) is 12.1. The third-order valence-corrected chi connectivity index (χ3v) is 5.52. The van der Waals surface area contributed by atoms with Crippen LogP contribution in [0.25, 0.3) is 33.8 Å². The van der Waals surface area contributed by atoms with Crippen LogP contribution in [0.1, 0.15) is 18.9 Å². The molecule has 0 unspecified atom stereocenters. The zero-order chi connectivity index (χ0) is 20.5. The highest BCUT2D eigenvalue weighted by molar-refractivity contribution is 5.76. The maximum atomic E-state index is 13.2. The highest BCUT2D eigenvalue weighted by Gasteiger charge is 2.17. The van der Waals surface area contributed by atoms with E-state index in [1.54, 1.807) is 24.5 Å². The summed E-state index contributed by atoms with van der Waals surface area (Å²) in [5.74, 6) is 0.737. The van der Waals surface area contributed by atoms with Gasteiger partial charge in [-0.15, -0.1) is 0 Å². The number of aromatic nitrogens is 5. The van der Waals surface area contributed by atoms with E-state index in [0.717, 1.165) is 53.9 Å². The van der Waals surface area contributed by atoms with E-state index in [1.807, 2.05) is 16.9 Å². The molecule has 1 saturated heterocycles. The smallest absolute Gasteiger partial charge is 0.141 e. The molecule has 1 aliphatic rings. The van der Waals surface area contributed by atoms with E-state index in [0.29, 0.717) is 17.7 Å². The molecule has 30 heavy (non-hydrogen) atoms. The number of H-pyrrole nitrogens is 1. The fourth-order valence-electron chi connectivity index (χ4n) is 3.82. The number of halogens is 1. The first-order valence-corrected chi connectivity index (χ1v) is 9.99. The molecule has 0 radical (unpaired) electrons. The second-order valence-corrected chi connectivity index (χ2v) is 7.50. The first-order valence-electron chi connectivity index (χ1n) is 9.99. The molecule has 8 heteroatoms. The fourth-order valence-corrected chi connectivity index (χ4v) is 3.82. The van der Waals surface area contributed by atoms with Gasteiger partial charge in [-0.1, -0.05) is 0 Å². The minimum atomic E-state index is -0.273. The molecular weight excluding hydrogens is 381 g/mol. The van der Waals surface area contributed by atoms with Crippen LogP contribution in [0.5, 0.6) is 0 Å². The van der Waals surface area contributed by atoms with Crippen molar-refractivity contribution in [2.24, 2.45) is 0 Å². The summed E-state index contributed by atoms with van der Waals surface area (Å²) >= 11 is 0. The van der Waals surface area contributed by atoms with Crippen molar-refractivity contribution >= 4 is 5.82 Å². The molecule has 1 fully saturated rings. The summed E-state index contributed by atoms with van der Waals surface area (Å²) in [5, 5.41) is 7.95. The average molecular weight is 403 g/mol. The second kappa shape index (κ2) is 7.72. The van der Waals surface area contributed by atoms with Gasteiger partial charge in [-0.3, -0.25) is 4.68 Å². The third-order valence-electron chi connectivity index (χ3n) is 5.52. The van der Waals surface area contributed by atoms with Crippen LogP contribution in [0.15, 0.2) is 55.1 Å². The topological polar surface area (TPSA) is 97.4 Å². The van der Waals surface area contributed by atoms with Crippen LogP contribution in [0.4, 0.5) is 10.2 Å². The highest BCUT2D eigenvalue weighted by Crippen LogP contribution is 2.30. The number of nitrogen functional groups attached to an aromatic ring is 1. The number of nitrogens with zero attached hydrogens (tertiary/aromatic N) is 4. The average Bonchev–Trinajstić information content (AvgIpc) is 3.46. The van der Waals surface area contributed by atoms with Gasteiger partial charge in [-0.2, -0.15) is 5.10 Å². The molecule has 1 aromatic carbocycles. The molecule has 0 amide bonds. The largest absolute Gasteiger partial charge is 0.383 e. The van der Waals surface area contributed by atoms with Crippen molar-refractivity contribution in [2.45, 2.75) is 18.9 Å². The molecule has 0 saturated carbocycles. The van der Waals surface area contributed by atoms with E-state index in [-0.39, 0.29) is 5.82 Å². The quantitative estimate of drug-likeness (QED) is 0.483. The van der Waals surface area contributed by atoms with E-state index in [1.165, 1.54) is 12.1 Å². The van der Waals surface area contributed by atoms with Crippen molar-refractivity contribution in [3.8, 4) is 33.8 Å². The van der Waals surface area contributed by atoms with Gasteiger partial charge >= 0.3 is 0 Å². The van der Waals surface area contributed by atoms with Crippen molar-refractivity contribution in [2.75, 3.05) is 18.8 Å². The summed E-state index contributed by atoms with van der Waals surface area (Å²) in [6.45, 7) is 2.03. The maximum Gasteiger partial charge on any atom is 0.141 e. The fraction of sp³-hybridized carbons (Fsp3) is 0.227. The molecule has 152 valence electrons. The van der Waals surface area contributed by atoms with Gasteiger partial charge in [0.25, 0.3) is 0 Å². The number of hydrogen-bond acceptors (Lipinski definition) is 5. The highest BCUT2D eigenvalue weighted by atomic mass is 19.1. The number of nitrogens with two attached hydrogens (primary N) is 1. The van der Waals surface area contributed by atoms with Gasteiger partial charge in [0.2, 0.25) is 0 Å². The lowest BCUT2D eigenvalue weighted by atomic mass is 10.1. The molecule has 4 aromatic rings. The molecule has 4 heterocycles. The lowest BCUT2D eigenvalue weighted by Gasteiger charge is -2.22. The Labute approximate surface area is 173 Å². The van der Waals surface area contributed by atoms with Gasteiger partial charge in [-0.25, -0.2) is 14.4 Å². The molecule has 0 spiro atoms. The summed E-state index contributed by atoms with van der Waals surface area (Å²) in [7, 11) is 0. The first-order chi connectivity index (χ1) is 14.7. The number of pyridine rings is 1. The summed E-state index contributed by atoms with van der Waals surface area (Å²) < 4.78 is 15.2. The van der Waals surface area contributed by atoms with Crippen molar-refractivity contribution in [3.05, 3.63) is 60.9 Å². The molecule has 5 rings (SSSR count). The Morgan fingerprint density at radius 3 is 2.57 bits per heavy atom. The maximum absolute atomic E-state index is 13.2. The number of piperidine rings is 1.